The van der Waals surface area contributed by atoms with Gasteiger partial charge in [0.1, 0.15) is 23.7 Å². The first kappa shape index (κ1) is 22.2. The summed E-state index contributed by atoms with van der Waals surface area (Å²) in [4.78, 5) is 24.0. The minimum absolute atomic E-state index is 0.205. The molecule has 0 amide bonds. The number of carbonyl (C=O) groups is 1. The first-order valence-corrected chi connectivity index (χ1v) is 10.1. The molecule has 1 aliphatic heterocycles. The number of pyridine rings is 1. The van der Waals surface area contributed by atoms with Crippen molar-refractivity contribution in [3.05, 3.63) is 45.2 Å². The van der Waals surface area contributed by atoms with Crippen LogP contribution in [0, 0.1) is 5.41 Å². The molecule has 162 valence electrons. The standard InChI is InChI=1S/C22H26ClNO6/c1-22(2,3)20-12-30-18-10-19(29-7-5-6-28-4)15(23)8-13(18)16-9-17(25)14(21(26)27)11-24(16)20/h8-11,20H,5-7,12H2,1-4H3,(H,26,27)/t20-/m0/s1. The SMILES string of the molecule is COCCCOc1cc2c(cc1Cl)-c1cc(=O)c(C(=O)O)cn1[C@H](C(C)(C)C)CO2. The number of aromatic nitrogens is 1. The number of carboxylic acids is 1. The number of benzene rings is 1. The summed E-state index contributed by atoms with van der Waals surface area (Å²) in [7, 11) is 1.63. The molecule has 7 nitrogen and oxygen atoms in total. The number of hydrogen-bond acceptors (Lipinski definition) is 5. The molecule has 2 heterocycles. The van der Waals surface area contributed by atoms with Crippen LogP contribution in [-0.2, 0) is 4.74 Å². The maximum absolute atomic E-state index is 12.5. The number of hydrogen-bond donors (Lipinski definition) is 1. The minimum Gasteiger partial charge on any atom is -0.492 e. The van der Waals surface area contributed by atoms with Crippen molar-refractivity contribution >= 4 is 17.6 Å². The highest BCUT2D eigenvalue weighted by Crippen LogP contribution is 2.44. The second-order valence-corrected chi connectivity index (χ2v) is 8.72. The molecule has 3 rings (SSSR count). The summed E-state index contributed by atoms with van der Waals surface area (Å²) in [6.45, 7) is 7.43. The fourth-order valence-corrected chi connectivity index (χ4v) is 3.67. The zero-order valence-electron chi connectivity index (χ0n) is 17.5. The van der Waals surface area contributed by atoms with Crippen molar-refractivity contribution in [1.29, 1.82) is 0 Å². The van der Waals surface area contributed by atoms with Gasteiger partial charge < -0.3 is 23.9 Å². The van der Waals surface area contributed by atoms with Gasteiger partial charge in [0.2, 0.25) is 0 Å². The molecule has 0 unspecified atom stereocenters. The average molecular weight is 436 g/mol. The average Bonchev–Trinajstić information content (AvgIpc) is 2.81. The summed E-state index contributed by atoms with van der Waals surface area (Å²) in [5.41, 5.74) is 0.0754. The lowest BCUT2D eigenvalue weighted by atomic mass is 9.86. The van der Waals surface area contributed by atoms with E-state index >= 15 is 0 Å². The van der Waals surface area contributed by atoms with E-state index in [2.05, 4.69) is 0 Å². The number of fused-ring (bicyclic) bond motifs is 3. The van der Waals surface area contributed by atoms with E-state index in [1.54, 1.807) is 19.2 Å². The molecule has 8 heteroatoms. The fourth-order valence-electron chi connectivity index (χ4n) is 3.45. The maximum atomic E-state index is 12.5. The maximum Gasteiger partial charge on any atom is 0.341 e. The molecule has 2 aromatic rings. The van der Waals surface area contributed by atoms with Crippen molar-refractivity contribution in [2.24, 2.45) is 5.41 Å². The van der Waals surface area contributed by atoms with Gasteiger partial charge in [-0.3, -0.25) is 4.79 Å². The summed E-state index contributed by atoms with van der Waals surface area (Å²) in [5, 5.41) is 9.81. The molecule has 0 fully saturated rings. The normalized spacial score (nSPS) is 15.6. The van der Waals surface area contributed by atoms with Crippen molar-refractivity contribution in [1.82, 2.24) is 4.57 Å². The second kappa shape index (κ2) is 8.70. The lowest BCUT2D eigenvalue weighted by molar-refractivity contribution is 0.0693. The van der Waals surface area contributed by atoms with E-state index in [4.69, 9.17) is 25.8 Å². The Kier molecular flexibility index (Phi) is 6.43. The van der Waals surface area contributed by atoms with Crippen LogP contribution in [0.2, 0.25) is 5.02 Å². The first-order chi connectivity index (χ1) is 14.1. The molecule has 30 heavy (non-hydrogen) atoms. The molecule has 1 atom stereocenters. The van der Waals surface area contributed by atoms with Crippen LogP contribution in [0.3, 0.4) is 0 Å². The van der Waals surface area contributed by atoms with Crippen LogP contribution in [0.5, 0.6) is 11.5 Å². The Hall–Kier alpha value is -2.51. The molecule has 1 aromatic heterocycles. The monoisotopic (exact) mass is 435 g/mol. The van der Waals surface area contributed by atoms with Crippen molar-refractivity contribution in [2.75, 3.05) is 26.9 Å². The van der Waals surface area contributed by atoms with E-state index < -0.39 is 11.4 Å². The van der Waals surface area contributed by atoms with Crippen molar-refractivity contribution < 1.29 is 24.1 Å². The van der Waals surface area contributed by atoms with E-state index in [0.29, 0.717) is 54.0 Å². The summed E-state index contributed by atoms with van der Waals surface area (Å²) < 4.78 is 18.7. The molecule has 1 aliphatic rings. The fraction of sp³-hybridized carbons (Fsp3) is 0.455. The van der Waals surface area contributed by atoms with E-state index in [-0.39, 0.29) is 17.0 Å². The van der Waals surface area contributed by atoms with Crippen LogP contribution >= 0.6 is 11.6 Å². The zero-order chi connectivity index (χ0) is 22.1. The number of halogens is 1. The Morgan fingerprint density at radius 2 is 2.03 bits per heavy atom. The van der Waals surface area contributed by atoms with Crippen LogP contribution in [0.15, 0.2) is 29.2 Å². The molecule has 0 saturated heterocycles. The van der Waals surface area contributed by atoms with Gasteiger partial charge in [0.25, 0.3) is 0 Å². The molecule has 0 spiro atoms. The van der Waals surface area contributed by atoms with Crippen LogP contribution in [-0.4, -0.2) is 42.6 Å². The number of rotatable bonds is 6. The molecule has 1 N–H and O–H groups in total. The quantitative estimate of drug-likeness (QED) is 0.682. The van der Waals surface area contributed by atoms with E-state index in [9.17, 15) is 14.7 Å². The van der Waals surface area contributed by atoms with Gasteiger partial charge in [-0.2, -0.15) is 0 Å². The summed E-state index contributed by atoms with van der Waals surface area (Å²) in [6.07, 6.45) is 2.12. The molecular formula is C22H26ClNO6. The minimum atomic E-state index is -1.26. The Morgan fingerprint density at radius 3 is 2.67 bits per heavy atom. The molecule has 0 radical (unpaired) electrons. The van der Waals surface area contributed by atoms with E-state index in [1.807, 2.05) is 25.3 Å². The summed E-state index contributed by atoms with van der Waals surface area (Å²) in [6, 6.07) is 4.54. The zero-order valence-corrected chi connectivity index (χ0v) is 18.3. The topological polar surface area (TPSA) is 87.0 Å². The third-order valence-corrected chi connectivity index (χ3v) is 5.40. The smallest absolute Gasteiger partial charge is 0.341 e. The Balaban J connectivity index is 2.13. The highest BCUT2D eigenvalue weighted by Gasteiger charge is 2.33. The number of nitrogens with zero attached hydrogens (tertiary/aromatic N) is 1. The Bertz CT molecular complexity index is 1010. The highest BCUT2D eigenvalue weighted by molar-refractivity contribution is 6.32. The number of methoxy groups -OCH3 is 1. The van der Waals surface area contributed by atoms with E-state index in [1.165, 1.54) is 12.3 Å². The van der Waals surface area contributed by atoms with Gasteiger partial charge in [-0.05, 0) is 11.5 Å². The molecular weight excluding hydrogens is 410 g/mol. The number of ether oxygens (including phenoxy) is 3. The van der Waals surface area contributed by atoms with Gasteiger partial charge in [0, 0.05) is 44.0 Å². The van der Waals surface area contributed by atoms with Crippen LogP contribution in [0.4, 0.5) is 0 Å². The highest BCUT2D eigenvalue weighted by atomic mass is 35.5. The predicted molar refractivity (Wildman–Crippen MR) is 114 cm³/mol. The Labute approximate surface area is 180 Å². The number of aromatic carboxylic acids is 1. The van der Waals surface area contributed by atoms with Gasteiger partial charge in [-0.1, -0.05) is 32.4 Å². The second-order valence-electron chi connectivity index (χ2n) is 8.32. The molecule has 0 bridgehead atoms. The third kappa shape index (κ3) is 4.47. The van der Waals surface area contributed by atoms with Gasteiger partial charge in [0.05, 0.1) is 23.4 Å². The summed E-state index contributed by atoms with van der Waals surface area (Å²) >= 11 is 6.45. The molecule has 1 aromatic carbocycles. The lowest BCUT2D eigenvalue weighted by Crippen LogP contribution is -2.31. The van der Waals surface area contributed by atoms with Gasteiger partial charge >= 0.3 is 5.97 Å². The summed E-state index contributed by atoms with van der Waals surface area (Å²) in [5.74, 6) is -0.243. The Morgan fingerprint density at radius 1 is 1.30 bits per heavy atom. The van der Waals surface area contributed by atoms with Crippen LogP contribution in [0.25, 0.3) is 11.3 Å². The molecule has 0 saturated carbocycles. The van der Waals surface area contributed by atoms with Crippen molar-refractivity contribution in [2.45, 2.75) is 33.2 Å². The van der Waals surface area contributed by atoms with Crippen molar-refractivity contribution in [3.8, 4) is 22.8 Å². The van der Waals surface area contributed by atoms with E-state index in [0.717, 1.165) is 0 Å². The lowest BCUT2D eigenvalue weighted by Gasteiger charge is -2.32. The van der Waals surface area contributed by atoms with Gasteiger partial charge in [-0.15, -0.1) is 0 Å². The first-order valence-electron chi connectivity index (χ1n) is 9.71. The van der Waals surface area contributed by atoms with Gasteiger partial charge in [0.15, 0.2) is 5.43 Å². The molecule has 0 aliphatic carbocycles. The largest absolute Gasteiger partial charge is 0.492 e. The van der Waals surface area contributed by atoms with Crippen LogP contribution < -0.4 is 14.9 Å². The van der Waals surface area contributed by atoms with Crippen molar-refractivity contribution in [3.63, 3.8) is 0 Å². The number of carboxylic acid groups (broad SMARTS) is 1. The predicted octanol–water partition coefficient (Wildman–Crippen LogP) is 4.26. The van der Waals surface area contributed by atoms with Crippen LogP contribution in [0.1, 0.15) is 43.6 Å². The van der Waals surface area contributed by atoms with Gasteiger partial charge in [-0.25, -0.2) is 4.79 Å². The third-order valence-electron chi connectivity index (χ3n) is 5.10.